The number of aromatic hydroxyl groups is 1. The van der Waals surface area contributed by atoms with Crippen LogP contribution in [0.3, 0.4) is 0 Å². The summed E-state index contributed by atoms with van der Waals surface area (Å²) in [6.45, 7) is 1.71. The van der Waals surface area contributed by atoms with E-state index in [1.165, 1.54) is 0 Å². The molecule has 2 rings (SSSR count). The van der Waals surface area contributed by atoms with Gasteiger partial charge in [-0.1, -0.05) is 46.3 Å². The molecule has 0 atom stereocenters. The van der Waals surface area contributed by atoms with Gasteiger partial charge in [-0.2, -0.15) is 0 Å². The van der Waals surface area contributed by atoms with Crippen molar-refractivity contribution < 1.29 is 5.11 Å². The van der Waals surface area contributed by atoms with Gasteiger partial charge in [-0.3, -0.25) is 0 Å². The van der Waals surface area contributed by atoms with E-state index in [1.54, 1.807) is 19.1 Å². The molecule has 0 unspecified atom stereocenters. The van der Waals surface area contributed by atoms with Crippen LogP contribution in [0.5, 0.6) is 5.75 Å². The molecule has 0 radical (unpaired) electrons. The Kier molecular flexibility index (Phi) is 4.81. The number of allylic oxidation sites excluding steroid dienone is 1. The highest BCUT2D eigenvalue weighted by molar-refractivity contribution is 9.10. The molecule has 0 spiro atoms. The summed E-state index contributed by atoms with van der Waals surface area (Å²) in [5.41, 5.74) is 9.55. The average molecular weight is 345 g/mol. The third-order valence-electron chi connectivity index (χ3n) is 3.29. The van der Waals surface area contributed by atoms with Gasteiger partial charge in [0.2, 0.25) is 0 Å². The van der Waals surface area contributed by atoms with Crippen molar-refractivity contribution in [1.29, 1.82) is 5.41 Å². The van der Waals surface area contributed by atoms with E-state index < -0.39 is 0 Å². The first-order valence-electron chi connectivity index (χ1n) is 6.56. The third kappa shape index (κ3) is 3.73. The van der Waals surface area contributed by atoms with Crippen LogP contribution >= 0.6 is 15.9 Å². The fraction of sp³-hybridized carbons (Fsp3) is 0.118. The van der Waals surface area contributed by atoms with E-state index in [-0.39, 0.29) is 5.75 Å². The molecule has 0 heterocycles. The number of hydrogen-bond acceptors (Lipinski definition) is 3. The van der Waals surface area contributed by atoms with Gasteiger partial charge in [0.1, 0.15) is 5.75 Å². The fourth-order valence-electron chi connectivity index (χ4n) is 2.08. The number of phenolic OH excluding ortho intramolecular Hbond substituents is 1. The number of phenols is 1. The summed E-state index contributed by atoms with van der Waals surface area (Å²) in [4.78, 5) is 0. The molecule has 21 heavy (non-hydrogen) atoms. The Hall–Kier alpha value is -2.07. The highest BCUT2D eigenvalue weighted by Gasteiger charge is 2.11. The van der Waals surface area contributed by atoms with Crippen molar-refractivity contribution in [2.24, 2.45) is 5.73 Å². The Morgan fingerprint density at radius 1 is 1.14 bits per heavy atom. The first-order chi connectivity index (χ1) is 9.99. The van der Waals surface area contributed by atoms with Crippen LogP contribution in [-0.4, -0.2) is 10.8 Å². The SMILES string of the molecule is CC(=N)/C(Cc1ccccc1O)=C(\N)c1ccc(Br)cc1. The number of nitrogens with one attached hydrogen (secondary N) is 1. The average Bonchev–Trinajstić information content (AvgIpc) is 2.46. The van der Waals surface area contributed by atoms with Crippen LogP contribution in [0.25, 0.3) is 5.70 Å². The van der Waals surface area contributed by atoms with Crippen LogP contribution in [0.1, 0.15) is 18.1 Å². The molecule has 0 aliphatic carbocycles. The van der Waals surface area contributed by atoms with Crippen LogP contribution in [0.15, 0.2) is 58.6 Å². The smallest absolute Gasteiger partial charge is 0.119 e. The predicted octanol–water partition coefficient (Wildman–Crippen LogP) is 4.11. The summed E-state index contributed by atoms with van der Waals surface area (Å²) in [6.07, 6.45) is 0.434. The van der Waals surface area contributed by atoms with Gasteiger partial charge in [0.05, 0.1) is 0 Å². The van der Waals surface area contributed by atoms with Gasteiger partial charge >= 0.3 is 0 Å². The third-order valence-corrected chi connectivity index (χ3v) is 3.82. The molecule has 2 aromatic carbocycles. The molecule has 0 bridgehead atoms. The van der Waals surface area contributed by atoms with E-state index in [4.69, 9.17) is 11.1 Å². The summed E-state index contributed by atoms with van der Waals surface area (Å²) in [6, 6.07) is 14.8. The van der Waals surface area contributed by atoms with Gasteiger partial charge in [-0.25, -0.2) is 0 Å². The molecule has 4 N–H and O–H groups in total. The van der Waals surface area contributed by atoms with E-state index in [9.17, 15) is 5.11 Å². The van der Waals surface area contributed by atoms with Crippen molar-refractivity contribution in [2.45, 2.75) is 13.3 Å². The molecule has 0 aliphatic rings. The van der Waals surface area contributed by atoms with Crippen molar-refractivity contribution in [3.8, 4) is 5.75 Å². The summed E-state index contributed by atoms with van der Waals surface area (Å²) < 4.78 is 0.980. The zero-order valence-corrected chi connectivity index (χ0v) is 13.3. The molecular formula is C17H17BrN2O. The maximum Gasteiger partial charge on any atom is 0.119 e. The quantitative estimate of drug-likeness (QED) is 0.730. The van der Waals surface area contributed by atoms with E-state index in [2.05, 4.69) is 15.9 Å². The van der Waals surface area contributed by atoms with Crippen molar-refractivity contribution in [3.05, 3.63) is 69.7 Å². The second-order valence-corrected chi connectivity index (χ2v) is 5.75. The lowest BCUT2D eigenvalue weighted by atomic mass is 9.96. The van der Waals surface area contributed by atoms with Gasteiger partial charge in [0.15, 0.2) is 0 Å². The lowest BCUT2D eigenvalue weighted by Crippen LogP contribution is -2.10. The molecule has 0 saturated heterocycles. The van der Waals surface area contributed by atoms with Crippen LogP contribution in [0.2, 0.25) is 0 Å². The zero-order chi connectivity index (χ0) is 15.4. The van der Waals surface area contributed by atoms with Crippen molar-refractivity contribution in [2.75, 3.05) is 0 Å². The minimum Gasteiger partial charge on any atom is -0.508 e. The normalized spacial score (nSPS) is 11.9. The molecule has 108 valence electrons. The van der Waals surface area contributed by atoms with Crippen LogP contribution in [-0.2, 0) is 6.42 Å². The number of nitrogens with two attached hydrogens (primary N) is 1. The van der Waals surface area contributed by atoms with Gasteiger partial charge in [0, 0.05) is 27.9 Å². The second kappa shape index (κ2) is 6.59. The van der Waals surface area contributed by atoms with E-state index in [1.807, 2.05) is 36.4 Å². The molecule has 0 aliphatic heterocycles. The van der Waals surface area contributed by atoms with Crippen LogP contribution in [0, 0.1) is 5.41 Å². The Morgan fingerprint density at radius 3 is 2.33 bits per heavy atom. The van der Waals surface area contributed by atoms with Gasteiger partial charge in [-0.05, 0) is 36.2 Å². The molecule has 0 aromatic heterocycles. The summed E-state index contributed by atoms with van der Waals surface area (Å²) >= 11 is 3.39. The number of hydrogen-bond donors (Lipinski definition) is 3. The zero-order valence-electron chi connectivity index (χ0n) is 11.7. The summed E-state index contributed by atoms with van der Waals surface area (Å²) in [7, 11) is 0. The number of para-hydroxylation sites is 1. The lowest BCUT2D eigenvalue weighted by molar-refractivity contribution is 0.469. The van der Waals surface area contributed by atoms with E-state index >= 15 is 0 Å². The van der Waals surface area contributed by atoms with E-state index in [0.29, 0.717) is 17.8 Å². The minimum atomic E-state index is 0.222. The number of benzene rings is 2. The molecule has 0 fully saturated rings. The second-order valence-electron chi connectivity index (χ2n) is 4.83. The first kappa shape index (κ1) is 15.3. The minimum absolute atomic E-state index is 0.222. The van der Waals surface area contributed by atoms with E-state index in [0.717, 1.165) is 21.2 Å². The van der Waals surface area contributed by atoms with Crippen molar-refractivity contribution >= 4 is 27.3 Å². The number of rotatable bonds is 4. The Balaban J connectivity index is 2.42. The predicted molar refractivity (Wildman–Crippen MR) is 90.5 cm³/mol. The topological polar surface area (TPSA) is 70.1 Å². The number of halogens is 1. The van der Waals surface area contributed by atoms with Gasteiger partial charge < -0.3 is 16.2 Å². The Labute approximate surface area is 132 Å². The standard InChI is InChI=1S/C17H17BrN2O/c1-11(19)15(10-13-4-2-3-5-16(13)21)17(20)12-6-8-14(18)9-7-12/h2-9,19,21H,10,20H2,1H3/b17-15-,19-11?. The maximum atomic E-state index is 9.89. The molecule has 4 heteroatoms. The lowest BCUT2D eigenvalue weighted by Gasteiger charge is -2.13. The van der Waals surface area contributed by atoms with Gasteiger partial charge in [0.25, 0.3) is 0 Å². The van der Waals surface area contributed by atoms with Crippen molar-refractivity contribution in [1.82, 2.24) is 0 Å². The monoisotopic (exact) mass is 344 g/mol. The fourth-order valence-corrected chi connectivity index (χ4v) is 2.35. The highest BCUT2D eigenvalue weighted by Crippen LogP contribution is 2.24. The Bertz CT molecular complexity index is 690. The first-order valence-corrected chi connectivity index (χ1v) is 7.35. The molecule has 2 aromatic rings. The van der Waals surface area contributed by atoms with Crippen molar-refractivity contribution in [3.63, 3.8) is 0 Å². The summed E-state index contributed by atoms with van der Waals surface area (Å²) in [5.74, 6) is 0.222. The molecule has 0 amide bonds. The molecular weight excluding hydrogens is 328 g/mol. The maximum absolute atomic E-state index is 9.89. The highest BCUT2D eigenvalue weighted by atomic mass is 79.9. The van der Waals surface area contributed by atoms with Gasteiger partial charge in [-0.15, -0.1) is 0 Å². The molecule has 3 nitrogen and oxygen atoms in total. The summed E-state index contributed by atoms with van der Waals surface area (Å²) in [5, 5.41) is 17.9. The van der Waals surface area contributed by atoms with Crippen LogP contribution in [0.4, 0.5) is 0 Å². The Morgan fingerprint density at radius 2 is 1.76 bits per heavy atom. The van der Waals surface area contributed by atoms with Crippen LogP contribution < -0.4 is 5.73 Å². The largest absolute Gasteiger partial charge is 0.508 e. The molecule has 0 saturated carbocycles.